The fourth-order valence-electron chi connectivity index (χ4n) is 1.83. The minimum Gasteiger partial charge on any atom is -0.493 e. The molecule has 0 aliphatic carbocycles. The topological polar surface area (TPSA) is 35.5 Å². The first-order valence-electron chi connectivity index (χ1n) is 5.66. The Morgan fingerprint density at radius 1 is 0.947 bits per heavy atom. The highest BCUT2D eigenvalue weighted by atomic mass is 19.1. The molecule has 0 spiro atoms. The molecule has 4 heteroatoms. The Labute approximate surface area is 110 Å². The molecule has 0 saturated carbocycles. The molecule has 0 atom stereocenters. The fourth-order valence-corrected chi connectivity index (χ4v) is 1.83. The van der Waals surface area contributed by atoms with Gasteiger partial charge in [0.1, 0.15) is 5.82 Å². The lowest BCUT2D eigenvalue weighted by atomic mass is 10.0. The van der Waals surface area contributed by atoms with Crippen LogP contribution >= 0.6 is 0 Å². The van der Waals surface area contributed by atoms with Crippen LogP contribution in [0, 0.1) is 5.82 Å². The van der Waals surface area contributed by atoms with Gasteiger partial charge in [-0.15, -0.1) is 0 Å². The molecule has 0 aromatic heterocycles. The molecule has 0 bridgehead atoms. The molecule has 2 aromatic carbocycles. The fraction of sp³-hybridized carbons (Fsp3) is 0.133. The van der Waals surface area contributed by atoms with E-state index in [1.54, 1.807) is 32.4 Å². The zero-order chi connectivity index (χ0) is 13.8. The number of carbonyl (C=O) groups is 1. The van der Waals surface area contributed by atoms with Crippen molar-refractivity contribution >= 4 is 6.29 Å². The van der Waals surface area contributed by atoms with Crippen molar-refractivity contribution in [1.29, 1.82) is 0 Å². The summed E-state index contributed by atoms with van der Waals surface area (Å²) in [5.41, 5.74) is 1.59. The summed E-state index contributed by atoms with van der Waals surface area (Å²) < 4.78 is 23.6. The average Bonchev–Trinajstić information content (AvgIpc) is 2.47. The molecule has 0 aliphatic heterocycles. The van der Waals surface area contributed by atoms with Gasteiger partial charge in [-0.25, -0.2) is 4.39 Å². The zero-order valence-corrected chi connectivity index (χ0v) is 10.6. The highest BCUT2D eigenvalue weighted by molar-refractivity contribution is 5.79. The minimum atomic E-state index is -0.528. The van der Waals surface area contributed by atoms with E-state index >= 15 is 0 Å². The molecule has 19 heavy (non-hydrogen) atoms. The van der Waals surface area contributed by atoms with Gasteiger partial charge in [0.25, 0.3) is 0 Å². The summed E-state index contributed by atoms with van der Waals surface area (Å²) in [6, 6.07) is 9.75. The number of hydrogen-bond acceptors (Lipinski definition) is 3. The molecule has 0 fully saturated rings. The van der Waals surface area contributed by atoms with Gasteiger partial charge in [-0.2, -0.15) is 0 Å². The second kappa shape index (κ2) is 5.52. The summed E-state index contributed by atoms with van der Waals surface area (Å²) in [5.74, 6) is 0.667. The number of rotatable bonds is 4. The Morgan fingerprint density at radius 3 is 2.21 bits per heavy atom. The van der Waals surface area contributed by atoms with Crippen molar-refractivity contribution < 1.29 is 18.7 Å². The van der Waals surface area contributed by atoms with E-state index < -0.39 is 5.82 Å². The Balaban J connectivity index is 2.49. The molecular formula is C15H13FO3. The average molecular weight is 260 g/mol. The molecule has 0 unspecified atom stereocenters. The highest BCUT2D eigenvalue weighted by Crippen LogP contribution is 2.32. The van der Waals surface area contributed by atoms with Gasteiger partial charge >= 0.3 is 0 Å². The molecule has 0 aliphatic rings. The van der Waals surface area contributed by atoms with Crippen molar-refractivity contribution in [3.05, 3.63) is 47.8 Å². The Kier molecular flexibility index (Phi) is 3.80. The van der Waals surface area contributed by atoms with Crippen molar-refractivity contribution in [2.75, 3.05) is 14.2 Å². The number of hydrogen-bond donors (Lipinski definition) is 0. The molecule has 2 aromatic rings. The smallest absolute Gasteiger partial charge is 0.161 e. The molecule has 98 valence electrons. The van der Waals surface area contributed by atoms with Crippen LogP contribution in [-0.2, 0) is 0 Å². The van der Waals surface area contributed by atoms with E-state index in [0.717, 1.165) is 11.1 Å². The van der Waals surface area contributed by atoms with E-state index in [0.29, 0.717) is 17.8 Å². The maximum atomic E-state index is 13.3. The number of carbonyl (C=O) groups excluding carboxylic acids is 1. The quantitative estimate of drug-likeness (QED) is 0.791. The van der Waals surface area contributed by atoms with Crippen molar-refractivity contribution in [1.82, 2.24) is 0 Å². The van der Waals surface area contributed by atoms with E-state index in [-0.39, 0.29) is 5.56 Å². The third kappa shape index (κ3) is 2.57. The van der Waals surface area contributed by atoms with Gasteiger partial charge in [0.15, 0.2) is 17.8 Å². The normalized spacial score (nSPS) is 10.1. The van der Waals surface area contributed by atoms with Crippen LogP contribution in [0.3, 0.4) is 0 Å². The van der Waals surface area contributed by atoms with Crippen LogP contribution in [0.4, 0.5) is 4.39 Å². The molecule has 0 heterocycles. The van der Waals surface area contributed by atoms with Gasteiger partial charge in [0, 0.05) is 0 Å². The summed E-state index contributed by atoms with van der Waals surface area (Å²) in [5, 5.41) is 0. The van der Waals surface area contributed by atoms with Crippen LogP contribution in [0.1, 0.15) is 10.4 Å². The molecule has 0 amide bonds. The van der Waals surface area contributed by atoms with Crippen LogP contribution in [0.2, 0.25) is 0 Å². The SMILES string of the molecule is COc1ccc(-c2ccc(F)c(C=O)c2)cc1OC. The minimum absolute atomic E-state index is 0.0345. The summed E-state index contributed by atoms with van der Waals surface area (Å²) in [4.78, 5) is 10.7. The van der Waals surface area contributed by atoms with Crippen LogP contribution in [0.25, 0.3) is 11.1 Å². The summed E-state index contributed by atoms with van der Waals surface area (Å²) in [6.07, 6.45) is 0.500. The van der Waals surface area contributed by atoms with E-state index in [2.05, 4.69) is 0 Å². The standard InChI is InChI=1S/C15H13FO3/c1-18-14-6-4-11(8-15(14)19-2)10-3-5-13(16)12(7-10)9-17/h3-9H,1-2H3. The number of methoxy groups -OCH3 is 2. The zero-order valence-electron chi connectivity index (χ0n) is 10.6. The monoisotopic (exact) mass is 260 g/mol. The predicted octanol–water partition coefficient (Wildman–Crippen LogP) is 3.32. The van der Waals surface area contributed by atoms with Crippen molar-refractivity contribution in [2.24, 2.45) is 0 Å². The number of ether oxygens (including phenoxy) is 2. The second-order valence-corrected chi connectivity index (χ2v) is 3.92. The van der Waals surface area contributed by atoms with Crippen molar-refractivity contribution in [3.63, 3.8) is 0 Å². The van der Waals surface area contributed by atoms with E-state index in [9.17, 15) is 9.18 Å². The van der Waals surface area contributed by atoms with E-state index in [1.165, 1.54) is 12.1 Å². The van der Waals surface area contributed by atoms with Gasteiger partial charge in [-0.3, -0.25) is 4.79 Å². The number of halogens is 1. The van der Waals surface area contributed by atoms with E-state index in [1.807, 2.05) is 6.07 Å². The van der Waals surface area contributed by atoms with Crippen LogP contribution < -0.4 is 9.47 Å². The molecule has 0 N–H and O–H groups in total. The maximum absolute atomic E-state index is 13.3. The first kappa shape index (κ1) is 13.1. The van der Waals surface area contributed by atoms with Gasteiger partial charge in [-0.1, -0.05) is 12.1 Å². The number of aldehydes is 1. The summed E-state index contributed by atoms with van der Waals surface area (Å²) >= 11 is 0. The molecule has 3 nitrogen and oxygen atoms in total. The van der Waals surface area contributed by atoms with Crippen LogP contribution in [0.5, 0.6) is 11.5 Å². The Morgan fingerprint density at radius 2 is 1.58 bits per heavy atom. The number of benzene rings is 2. The van der Waals surface area contributed by atoms with Crippen molar-refractivity contribution in [3.8, 4) is 22.6 Å². The van der Waals surface area contributed by atoms with Gasteiger partial charge < -0.3 is 9.47 Å². The molecular weight excluding hydrogens is 247 g/mol. The second-order valence-electron chi connectivity index (χ2n) is 3.92. The maximum Gasteiger partial charge on any atom is 0.161 e. The summed E-state index contributed by atoms with van der Waals surface area (Å²) in [7, 11) is 3.10. The van der Waals surface area contributed by atoms with Crippen molar-refractivity contribution in [2.45, 2.75) is 0 Å². The third-order valence-electron chi connectivity index (χ3n) is 2.84. The predicted molar refractivity (Wildman–Crippen MR) is 70.3 cm³/mol. The van der Waals surface area contributed by atoms with Gasteiger partial charge in [0.05, 0.1) is 19.8 Å². The Bertz CT molecular complexity index is 608. The lowest BCUT2D eigenvalue weighted by molar-refractivity contribution is 0.112. The molecule has 0 saturated heterocycles. The lowest BCUT2D eigenvalue weighted by Gasteiger charge is -2.10. The van der Waals surface area contributed by atoms with Crippen LogP contribution in [-0.4, -0.2) is 20.5 Å². The molecule has 0 radical (unpaired) electrons. The first-order chi connectivity index (χ1) is 9.19. The molecule has 2 rings (SSSR count). The Hall–Kier alpha value is -2.36. The first-order valence-corrected chi connectivity index (χ1v) is 5.66. The summed E-state index contributed by atoms with van der Waals surface area (Å²) in [6.45, 7) is 0. The van der Waals surface area contributed by atoms with Gasteiger partial charge in [0.2, 0.25) is 0 Å². The van der Waals surface area contributed by atoms with E-state index in [4.69, 9.17) is 9.47 Å². The van der Waals surface area contributed by atoms with Gasteiger partial charge in [-0.05, 0) is 35.4 Å². The highest BCUT2D eigenvalue weighted by Gasteiger charge is 2.08. The lowest BCUT2D eigenvalue weighted by Crippen LogP contribution is -1.92. The largest absolute Gasteiger partial charge is 0.493 e. The van der Waals surface area contributed by atoms with Crippen LogP contribution in [0.15, 0.2) is 36.4 Å². The third-order valence-corrected chi connectivity index (χ3v) is 2.84.